The number of primary amides is 1. The van der Waals surface area contributed by atoms with Gasteiger partial charge in [0.25, 0.3) is 6.43 Å². The zero-order chi connectivity index (χ0) is 15.9. The van der Waals surface area contributed by atoms with Crippen LogP contribution >= 0.6 is 15.9 Å². The summed E-state index contributed by atoms with van der Waals surface area (Å²) in [6.45, 7) is -0.489. The monoisotopic (exact) mass is 370 g/mol. The molecule has 1 fully saturated rings. The van der Waals surface area contributed by atoms with E-state index in [1.54, 1.807) is 12.3 Å². The molecule has 0 unspecified atom stereocenters. The molecule has 0 saturated heterocycles. The van der Waals surface area contributed by atoms with Crippen molar-refractivity contribution in [2.45, 2.75) is 24.7 Å². The minimum atomic E-state index is -2.47. The Morgan fingerprint density at radius 3 is 2.68 bits per heavy atom. The number of rotatable bonds is 5. The second kappa shape index (κ2) is 5.42. The number of alkyl halides is 2. The summed E-state index contributed by atoms with van der Waals surface area (Å²) in [5.74, 6) is -0.0537. The fraction of sp³-hybridized carbons (Fsp3) is 0.357. The van der Waals surface area contributed by atoms with E-state index >= 15 is 0 Å². The third-order valence-corrected chi connectivity index (χ3v) is 4.49. The minimum absolute atomic E-state index is 0.335. The molecule has 116 valence electrons. The second-order valence-corrected chi connectivity index (χ2v) is 6.14. The quantitative estimate of drug-likeness (QED) is 0.847. The first-order valence-corrected chi connectivity index (χ1v) is 7.50. The molecule has 1 aliphatic rings. The van der Waals surface area contributed by atoms with Crippen LogP contribution in [0.2, 0.25) is 0 Å². The Bertz CT molecular complexity index is 749. The first kappa shape index (κ1) is 15.1. The lowest BCUT2D eigenvalue weighted by molar-refractivity contribution is -0.120. The van der Waals surface area contributed by atoms with Crippen molar-refractivity contribution < 1.29 is 13.6 Å². The number of aromatic nitrogens is 2. The second-order valence-electron chi connectivity index (χ2n) is 5.29. The largest absolute Gasteiger partial charge is 0.369 e. The molecule has 0 aliphatic heterocycles. The van der Waals surface area contributed by atoms with Gasteiger partial charge >= 0.3 is 0 Å². The summed E-state index contributed by atoms with van der Waals surface area (Å²) >= 11 is 3.39. The van der Waals surface area contributed by atoms with E-state index < -0.39 is 18.4 Å². The van der Waals surface area contributed by atoms with Gasteiger partial charge in [0.2, 0.25) is 5.91 Å². The van der Waals surface area contributed by atoms with Crippen LogP contribution in [0.25, 0.3) is 10.8 Å². The molecule has 22 heavy (non-hydrogen) atoms. The molecular weight excluding hydrogens is 358 g/mol. The summed E-state index contributed by atoms with van der Waals surface area (Å²) in [5.41, 5.74) is 5.38. The Morgan fingerprint density at radius 2 is 2.09 bits per heavy atom. The zero-order valence-corrected chi connectivity index (χ0v) is 13.0. The molecule has 2 aromatic rings. The van der Waals surface area contributed by atoms with Crippen molar-refractivity contribution in [2.75, 3.05) is 11.9 Å². The number of nitrogens with two attached hydrogens (primary N) is 1. The van der Waals surface area contributed by atoms with Gasteiger partial charge in [0.15, 0.2) is 0 Å². The van der Waals surface area contributed by atoms with E-state index in [0.717, 1.165) is 5.39 Å². The highest BCUT2D eigenvalue weighted by Crippen LogP contribution is 2.48. The lowest BCUT2D eigenvalue weighted by atomic mass is 9.99. The van der Waals surface area contributed by atoms with Crippen LogP contribution in [-0.4, -0.2) is 28.8 Å². The molecule has 0 bridgehead atoms. The molecular formula is C14H13BrF2N4O. The molecule has 3 N–H and O–H groups in total. The van der Waals surface area contributed by atoms with E-state index in [0.29, 0.717) is 34.2 Å². The maximum Gasteiger partial charge on any atom is 0.255 e. The van der Waals surface area contributed by atoms with Crippen molar-refractivity contribution in [1.82, 2.24) is 9.97 Å². The average molecular weight is 371 g/mol. The number of anilines is 1. The van der Waals surface area contributed by atoms with Crippen LogP contribution in [0.1, 0.15) is 18.5 Å². The number of nitrogens with one attached hydrogen (secondary N) is 1. The van der Waals surface area contributed by atoms with Gasteiger partial charge in [-0.1, -0.05) is 0 Å². The zero-order valence-electron chi connectivity index (χ0n) is 11.4. The van der Waals surface area contributed by atoms with Gasteiger partial charge in [-0.15, -0.1) is 0 Å². The highest BCUT2D eigenvalue weighted by atomic mass is 79.9. The van der Waals surface area contributed by atoms with Gasteiger partial charge in [-0.05, 0) is 34.8 Å². The first-order chi connectivity index (χ1) is 10.4. The van der Waals surface area contributed by atoms with Crippen LogP contribution in [0.3, 0.4) is 0 Å². The summed E-state index contributed by atoms with van der Waals surface area (Å²) < 4.78 is 25.4. The van der Waals surface area contributed by atoms with Crippen molar-refractivity contribution in [3.8, 4) is 0 Å². The standard InChI is InChI=1S/C14H13BrF2N4O/c15-9-5-20-12(21-6-11(16)17)8-4-19-10(3-7(8)9)14(1-2-14)13(18)22/h3-5,11H,1-2,6H2,(H2,18,22)(H,20,21). The van der Waals surface area contributed by atoms with Crippen LogP contribution in [0.5, 0.6) is 0 Å². The van der Waals surface area contributed by atoms with Crippen molar-refractivity contribution in [2.24, 2.45) is 5.73 Å². The number of halogens is 3. The van der Waals surface area contributed by atoms with Crippen molar-refractivity contribution in [3.63, 3.8) is 0 Å². The number of pyridine rings is 2. The molecule has 8 heteroatoms. The molecule has 0 aromatic carbocycles. The Morgan fingerprint density at radius 1 is 1.36 bits per heavy atom. The van der Waals surface area contributed by atoms with Crippen LogP contribution in [0.4, 0.5) is 14.6 Å². The van der Waals surface area contributed by atoms with Crippen molar-refractivity contribution >= 4 is 38.4 Å². The van der Waals surface area contributed by atoms with Gasteiger partial charge in [-0.25, -0.2) is 13.8 Å². The molecule has 3 rings (SSSR count). The molecule has 2 aromatic heterocycles. The number of hydrogen-bond donors (Lipinski definition) is 2. The number of amides is 1. The first-order valence-electron chi connectivity index (χ1n) is 6.71. The average Bonchev–Trinajstić information content (AvgIpc) is 3.28. The Labute approximate surface area is 133 Å². The lowest BCUT2D eigenvalue weighted by Gasteiger charge is -2.13. The fourth-order valence-electron chi connectivity index (χ4n) is 2.43. The maximum atomic E-state index is 12.4. The third-order valence-electron chi connectivity index (χ3n) is 3.86. The van der Waals surface area contributed by atoms with Crippen LogP contribution < -0.4 is 11.1 Å². The molecule has 0 spiro atoms. The van der Waals surface area contributed by atoms with E-state index in [1.807, 2.05) is 0 Å². The Balaban J connectivity index is 2.05. The van der Waals surface area contributed by atoms with E-state index in [-0.39, 0.29) is 5.91 Å². The molecule has 0 radical (unpaired) electrons. The molecule has 1 amide bonds. The van der Waals surface area contributed by atoms with Gasteiger partial charge in [-0.2, -0.15) is 0 Å². The minimum Gasteiger partial charge on any atom is -0.369 e. The van der Waals surface area contributed by atoms with Gasteiger partial charge in [0.1, 0.15) is 5.82 Å². The smallest absolute Gasteiger partial charge is 0.255 e. The number of carbonyl (C=O) groups excluding carboxylic acids is 1. The van der Waals surface area contributed by atoms with Gasteiger partial charge in [0.05, 0.1) is 17.7 Å². The van der Waals surface area contributed by atoms with Crippen molar-refractivity contribution in [1.29, 1.82) is 0 Å². The van der Waals surface area contributed by atoms with Crippen molar-refractivity contribution in [3.05, 3.63) is 28.6 Å². The Hall–Kier alpha value is -1.83. The predicted molar refractivity (Wildman–Crippen MR) is 81.8 cm³/mol. The number of carbonyl (C=O) groups is 1. The van der Waals surface area contributed by atoms with Gasteiger partial charge in [0, 0.05) is 27.6 Å². The topological polar surface area (TPSA) is 80.9 Å². The Kier molecular flexibility index (Phi) is 3.72. The molecule has 1 aliphatic carbocycles. The highest BCUT2D eigenvalue weighted by molar-refractivity contribution is 9.10. The fourth-order valence-corrected chi connectivity index (χ4v) is 2.86. The third kappa shape index (κ3) is 2.51. The summed E-state index contributed by atoms with van der Waals surface area (Å²) in [5, 5.41) is 3.96. The summed E-state index contributed by atoms with van der Waals surface area (Å²) in [6.07, 6.45) is 1.96. The normalized spacial score (nSPS) is 16.0. The summed E-state index contributed by atoms with van der Waals surface area (Å²) in [7, 11) is 0. The van der Waals surface area contributed by atoms with Crippen LogP contribution in [0, 0.1) is 0 Å². The van der Waals surface area contributed by atoms with Crippen LogP contribution in [0.15, 0.2) is 22.9 Å². The number of fused-ring (bicyclic) bond motifs is 1. The number of hydrogen-bond acceptors (Lipinski definition) is 4. The van der Waals surface area contributed by atoms with Crippen LogP contribution in [-0.2, 0) is 10.2 Å². The highest BCUT2D eigenvalue weighted by Gasteiger charge is 2.51. The predicted octanol–water partition coefficient (Wildman–Crippen LogP) is 2.59. The summed E-state index contributed by atoms with van der Waals surface area (Å²) in [6, 6.07) is 1.77. The lowest BCUT2D eigenvalue weighted by Crippen LogP contribution is -2.29. The van der Waals surface area contributed by atoms with E-state index in [4.69, 9.17) is 5.73 Å². The van der Waals surface area contributed by atoms with Gasteiger partial charge in [-0.3, -0.25) is 9.78 Å². The molecule has 2 heterocycles. The molecule has 1 saturated carbocycles. The van der Waals surface area contributed by atoms with E-state index in [2.05, 4.69) is 31.2 Å². The summed E-state index contributed by atoms with van der Waals surface area (Å²) in [4.78, 5) is 20.0. The number of nitrogens with zero attached hydrogens (tertiary/aromatic N) is 2. The molecule has 5 nitrogen and oxygen atoms in total. The van der Waals surface area contributed by atoms with E-state index in [9.17, 15) is 13.6 Å². The molecule has 0 atom stereocenters. The SMILES string of the molecule is NC(=O)C1(c2cc3c(Br)cnc(NCC(F)F)c3cn2)CC1. The van der Waals surface area contributed by atoms with E-state index in [1.165, 1.54) is 6.20 Å². The maximum absolute atomic E-state index is 12.4. The van der Waals surface area contributed by atoms with Gasteiger partial charge < -0.3 is 11.1 Å².